The number of carbonyl (C=O) groups is 2. The molecule has 2 aliphatic rings. The first-order valence-corrected chi connectivity index (χ1v) is 9.34. The molecule has 1 aliphatic carbocycles. The lowest BCUT2D eigenvalue weighted by molar-refractivity contribution is -0.141. The third-order valence-electron chi connectivity index (χ3n) is 5.29. The number of H-pyrrole nitrogens is 2. The Morgan fingerprint density at radius 1 is 1.16 bits per heavy atom. The van der Waals surface area contributed by atoms with Gasteiger partial charge in [-0.05, 0) is 19.3 Å². The summed E-state index contributed by atoms with van der Waals surface area (Å²) in [6.07, 6.45) is 8.52. The summed E-state index contributed by atoms with van der Waals surface area (Å²) in [6.45, 7) is 0.960. The van der Waals surface area contributed by atoms with Crippen LogP contribution in [0.4, 0.5) is 0 Å². The van der Waals surface area contributed by atoms with Crippen LogP contribution in [0.1, 0.15) is 57.2 Å². The molecule has 0 bridgehead atoms. The van der Waals surface area contributed by atoms with Crippen LogP contribution in [0.25, 0.3) is 0 Å². The van der Waals surface area contributed by atoms with Crippen LogP contribution in [-0.4, -0.2) is 51.0 Å². The number of hydrogen-bond acceptors (Lipinski definition) is 4. The van der Waals surface area contributed by atoms with Gasteiger partial charge in [0.05, 0.1) is 5.92 Å². The minimum absolute atomic E-state index is 0.0102. The maximum atomic E-state index is 12.4. The molecule has 1 saturated carbocycles. The van der Waals surface area contributed by atoms with Crippen molar-refractivity contribution in [2.45, 2.75) is 63.8 Å². The van der Waals surface area contributed by atoms with Gasteiger partial charge in [0, 0.05) is 32.0 Å². The highest BCUT2D eigenvalue weighted by Gasteiger charge is 2.34. The molecular weight excluding hydrogens is 322 g/mol. The van der Waals surface area contributed by atoms with Crippen molar-refractivity contribution >= 4 is 11.8 Å². The van der Waals surface area contributed by atoms with E-state index in [0.717, 1.165) is 12.8 Å². The number of rotatable bonds is 5. The fourth-order valence-electron chi connectivity index (χ4n) is 3.88. The fourth-order valence-corrected chi connectivity index (χ4v) is 3.88. The van der Waals surface area contributed by atoms with Crippen LogP contribution in [0.5, 0.6) is 0 Å². The van der Waals surface area contributed by atoms with Crippen molar-refractivity contribution in [3.63, 3.8) is 0 Å². The van der Waals surface area contributed by atoms with Gasteiger partial charge in [0.15, 0.2) is 0 Å². The molecule has 8 heteroatoms. The highest BCUT2D eigenvalue weighted by molar-refractivity contribution is 5.84. The molecule has 0 radical (unpaired) electrons. The number of nitrogens with zero attached hydrogens (tertiary/aromatic N) is 2. The summed E-state index contributed by atoms with van der Waals surface area (Å²) in [5.74, 6) is 0.581. The molecule has 2 amide bonds. The van der Waals surface area contributed by atoms with Crippen molar-refractivity contribution in [1.82, 2.24) is 25.4 Å². The molecule has 0 spiro atoms. The van der Waals surface area contributed by atoms with Gasteiger partial charge in [0.25, 0.3) is 0 Å². The van der Waals surface area contributed by atoms with E-state index < -0.39 is 0 Å². The van der Waals surface area contributed by atoms with Crippen LogP contribution in [0.2, 0.25) is 0 Å². The van der Waals surface area contributed by atoms with Gasteiger partial charge >= 0.3 is 5.69 Å². The number of likely N-dealkylation sites (tertiary alicyclic amines) is 1. The molecule has 1 aromatic rings. The average Bonchev–Trinajstić information content (AvgIpc) is 2.85. The van der Waals surface area contributed by atoms with Gasteiger partial charge in [-0.2, -0.15) is 5.10 Å². The summed E-state index contributed by atoms with van der Waals surface area (Å²) in [6, 6.07) is 0.305. The molecule has 0 aromatic carbocycles. The van der Waals surface area contributed by atoms with E-state index in [9.17, 15) is 14.4 Å². The predicted octanol–water partition coefficient (Wildman–Crippen LogP) is 0.718. The average molecular weight is 349 g/mol. The smallest absolute Gasteiger partial charge is 0.340 e. The van der Waals surface area contributed by atoms with E-state index in [2.05, 4.69) is 20.5 Å². The second-order valence-corrected chi connectivity index (χ2v) is 7.09. The summed E-state index contributed by atoms with van der Waals surface area (Å²) in [7, 11) is 0. The maximum Gasteiger partial charge on any atom is 0.340 e. The highest BCUT2D eigenvalue weighted by Crippen LogP contribution is 2.27. The second-order valence-electron chi connectivity index (χ2n) is 7.09. The van der Waals surface area contributed by atoms with Crippen LogP contribution in [0.15, 0.2) is 4.79 Å². The Kier molecular flexibility index (Phi) is 5.88. The van der Waals surface area contributed by atoms with E-state index in [1.54, 1.807) is 0 Å². The van der Waals surface area contributed by atoms with Crippen molar-refractivity contribution < 1.29 is 9.59 Å². The van der Waals surface area contributed by atoms with Crippen LogP contribution in [0.3, 0.4) is 0 Å². The summed E-state index contributed by atoms with van der Waals surface area (Å²) in [5.41, 5.74) is -0.342. The van der Waals surface area contributed by atoms with Crippen molar-refractivity contribution in [2.75, 3.05) is 13.1 Å². The van der Waals surface area contributed by atoms with Crippen molar-refractivity contribution in [3.05, 3.63) is 16.3 Å². The Hall–Kier alpha value is -2.12. The standard InChI is InChI=1S/C17H27N5O3/c23-15-8-7-12(11-22(15)13-5-3-1-2-4-6-13)16(24)18-10-9-14-19-17(25)21-20-14/h12-13H,1-11H2,(H,18,24)(H2,19,20,21,25)/t12-/m0/s1. The van der Waals surface area contributed by atoms with Gasteiger partial charge in [0.2, 0.25) is 11.8 Å². The van der Waals surface area contributed by atoms with E-state index in [-0.39, 0.29) is 23.4 Å². The predicted molar refractivity (Wildman–Crippen MR) is 91.8 cm³/mol. The molecule has 3 N–H and O–H groups in total. The maximum absolute atomic E-state index is 12.4. The van der Waals surface area contributed by atoms with E-state index >= 15 is 0 Å². The monoisotopic (exact) mass is 349 g/mol. The Labute approximate surface area is 146 Å². The number of amides is 2. The number of hydrogen-bond donors (Lipinski definition) is 3. The largest absolute Gasteiger partial charge is 0.355 e. The summed E-state index contributed by atoms with van der Waals surface area (Å²) in [4.78, 5) is 40.3. The van der Waals surface area contributed by atoms with E-state index in [1.807, 2.05) is 4.90 Å². The summed E-state index contributed by atoms with van der Waals surface area (Å²) >= 11 is 0. The van der Waals surface area contributed by atoms with Crippen LogP contribution >= 0.6 is 0 Å². The molecule has 0 unspecified atom stereocenters. The van der Waals surface area contributed by atoms with Crippen LogP contribution in [0, 0.1) is 5.92 Å². The molecule has 3 rings (SSSR count). The Bertz CT molecular complexity index is 645. The quantitative estimate of drug-likeness (QED) is 0.680. The Morgan fingerprint density at radius 2 is 1.92 bits per heavy atom. The zero-order valence-electron chi connectivity index (χ0n) is 14.6. The van der Waals surface area contributed by atoms with Gasteiger partial charge in [-0.3, -0.25) is 14.6 Å². The Morgan fingerprint density at radius 3 is 2.60 bits per heavy atom. The van der Waals surface area contributed by atoms with E-state index in [0.29, 0.717) is 44.2 Å². The third-order valence-corrected chi connectivity index (χ3v) is 5.29. The number of piperidine rings is 1. The second kappa shape index (κ2) is 8.31. The molecular formula is C17H27N5O3. The lowest BCUT2D eigenvalue weighted by atomic mass is 9.93. The van der Waals surface area contributed by atoms with E-state index in [4.69, 9.17) is 0 Å². The minimum atomic E-state index is -0.342. The number of aromatic nitrogens is 3. The normalized spacial score (nSPS) is 22.6. The van der Waals surface area contributed by atoms with Gasteiger partial charge in [-0.15, -0.1) is 0 Å². The van der Waals surface area contributed by atoms with Gasteiger partial charge in [-0.1, -0.05) is 25.7 Å². The number of aromatic amines is 2. The topological polar surface area (TPSA) is 111 Å². The summed E-state index contributed by atoms with van der Waals surface area (Å²) in [5, 5.41) is 9.03. The Balaban J connectivity index is 1.50. The minimum Gasteiger partial charge on any atom is -0.355 e. The van der Waals surface area contributed by atoms with Gasteiger partial charge in [0.1, 0.15) is 5.82 Å². The first kappa shape index (κ1) is 17.7. The molecule has 2 fully saturated rings. The first-order chi connectivity index (χ1) is 12.1. The van der Waals surface area contributed by atoms with E-state index in [1.165, 1.54) is 25.7 Å². The molecule has 1 aliphatic heterocycles. The molecule has 8 nitrogen and oxygen atoms in total. The summed E-state index contributed by atoms with van der Waals surface area (Å²) < 4.78 is 0. The lowest BCUT2D eigenvalue weighted by Crippen LogP contribution is -2.50. The van der Waals surface area contributed by atoms with Gasteiger partial charge < -0.3 is 10.2 Å². The van der Waals surface area contributed by atoms with Crippen molar-refractivity contribution in [3.8, 4) is 0 Å². The van der Waals surface area contributed by atoms with Crippen LogP contribution < -0.4 is 11.0 Å². The number of nitrogens with one attached hydrogen (secondary N) is 3. The van der Waals surface area contributed by atoms with Gasteiger partial charge in [-0.25, -0.2) is 9.89 Å². The first-order valence-electron chi connectivity index (χ1n) is 9.34. The zero-order chi connectivity index (χ0) is 17.6. The van der Waals surface area contributed by atoms with Crippen LogP contribution in [-0.2, 0) is 16.0 Å². The molecule has 1 atom stereocenters. The fraction of sp³-hybridized carbons (Fsp3) is 0.765. The molecule has 1 saturated heterocycles. The van der Waals surface area contributed by atoms with Crippen molar-refractivity contribution in [1.29, 1.82) is 0 Å². The molecule has 138 valence electrons. The zero-order valence-corrected chi connectivity index (χ0v) is 14.6. The highest BCUT2D eigenvalue weighted by atomic mass is 16.2. The number of carbonyl (C=O) groups excluding carboxylic acids is 2. The molecule has 2 heterocycles. The SMILES string of the molecule is O=C(NCCc1n[nH]c(=O)[nH]1)[C@H]1CCC(=O)N(C2CCCCCC2)C1. The van der Waals surface area contributed by atoms with Crippen molar-refractivity contribution in [2.24, 2.45) is 5.92 Å². The molecule has 1 aromatic heterocycles. The third kappa shape index (κ3) is 4.70. The lowest BCUT2D eigenvalue weighted by Gasteiger charge is -2.37. The molecule has 25 heavy (non-hydrogen) atoms.